The van der Waals surface area contributed by atoms with Crippen LogP contribution in [0.4, 0.5) is 5.82 Å². The van der Waals surface area contributed by atoms with Crippen molar-refractivity contribution in [2.75, 3.05) is 25.6 Å². The van der Waals surface area contributed by atoms with Crippen LogP contribution in [0.1, 0.15) is 5.69 Å². The second-order valence-electron chi connectivity index (χ2n) is 3.60. The van der Waals surface area contributed by atoms with E-state index in [-0.39, 0.29) is 0 Å². The van der Waals surface area contributed by atoms with E-state index < -0.39 is 0 Å². The van der Waals surface area contributed by atoms with Gasteiger partial charge in [0.25, 0.3) is 0 Å². The first-order valence-electron chi connectivity index (χ1n) is 5.28. The van der Waals surface area contributed by atoms with Gasteiger partial charge in [-0.05, 0) is 6.92 Å². The lowest BCUT2D eigenvalue weighted by Crippen LogP contribution is -2.10. The van der Waals surface area contributed by atoms with Crippen molar-refractivity contribution in [1.82, 2.24) is 10.2 Å². The highest BCUT2D eigenvalue weighted by Gasteiger charge is 2.04. The first-order chi connectivity index (χ1) is 7.83. The maximum absolute atomic E-state index is 4.99. The van der Waals surface area contributed by atoms with Crippen molar-refractivity contribution < 1.29 is 4.74 Å². The van der Waals surface area contributed by atoms with Crippen molar-refractivity contribution in [2.24, 2.45) is 0 Å². The molecule has 0 saturated carbocycles. The minimum atomic E-state index is 0.657. The monoisotopic (exact) mass is 217 g/mol. The molecule has 0 aliphatic heterocycles. The predicted octanol–water partition coefficient (Wildman–Crippen LogP) is 2.00. The van der Waals surface area contributed by atoms with Gasteiger partial charge >= 0.3 is 0 Å². The number of rotatable bonds is 4. The Balaban J connectivity index is 2.35. The average molecular weight is 217 g/mol. The Morgan fingerprint density at radius 3 is 2.69 bits per heavy atom. The number of hydrogen-bond donors (Lipinski definition) is 1. The maximum Gasteiger partial charge on any atom is 0.156 e. The fourth-order valence-corrected chi connectivity index (χ4v) is 1.64. The van der Waals surface area contributed by atoms with Gasteiger partial charge in [-0.2, -0.15) is 5.10 Å². The molecule has 1 heterocycles. The predicted molar refractivity (Wildman–Crippen MR) is 64.6 cm³/mol. The third-order valence-electron chi connectivity index (χ3n) is 2.47. The second-order valence-corrected chi connectivity index (χ2v) is 3.60. The first kappa shape index (κ1) is 10.8. The zero-order valence-electron chi connectivity index (χ0n) is 9.53. The van der Waals surface area contributed by atoms with Crippen LogP contribution in [0.15, 0.2) is 24.3 Å². The largest absolute Gasteiger partial charge is 0.383 e. The molecule has 0 radical (unpaired) electrons. The van der Waals surface area contributed by atoms with E-state index >= 15 is 0 Å². The number of methoxy groups -OCH3 is 1. The van der Waals surface area contributed by atoms with Gasteiger partial charge in [0.05, 0.1) is 12.3 Å². The van der Waals surface area contributed by atoms with E-state index in [9.17, 15) is 0 Å². The standard InChI is InChI=1S/C12H15N3O/c1-9-10-5-3-4-6-11(10)12(15-14-9)13-7-8-16-2/h3-6H,7-8H2,1-2H3,(H,13,15). The zero-order chi connectivity index (χ0) is 11.4. The summed E-state index contributed by atoms with van der Waals surface area (Å²) >= 11 is 0. The number of nitrogens with one attached hydrogen (secondary N) is 1. The van der Waals surface area contributed by atoms with Crippen LogP contribution in [0, 0.1) is 6.92 Å². The third-order valence-corrected chi connectivity index (χ3v) is 2.47. The summed E-state index contributed by atoms with van der Waals surface area (Å²) in [5.74, 6) is 0.818. The van der Waals surface area contributed by atoms with Crippen LogP contribution in [0.5, 0.6) is 0 Å². The lowest BCUT2D eigenvalue weighted by atomic mass is 10.1. The second kappa shape index (κ2) is 4.90. The highest BCUT2D eigenvalue weighted by molar-refractivity contribution is 5.92. The Labute approximate surface area is 94.6 Å². The Kier molecular flexibility index (Phi) is 3.31. The summed E-state index contributed by atoms with van der Waals surface area (Å²) in [5, 5.41) is 13.8. The minimum absolute atomic E-state index is 0.657. The molecule has 0 bridgehead atoms. The van der Waals surface area contributed by atoms with E-state index in [1.807, 2.05) is 25.1 Å². The number of aromatic nitrogens is 2. The molecule has 0 aliphatic carbocycles. The Hall–Kier alpha value is -1.68. The molecule has 0 amide bonds. The van der Waals surface area contributed by atoms with Gasteiger partial charge in [0, 0.05) is 24.4 Å². The third kappa shape index (κ3) is 2.12. The van der Waals surface area contributed by atoms with Crippen molar-refractivity contribution in [3.05, 3.63) is 30.0 Å². The van der Waals surface area contributed by atoms with Gasteiger partial charge in [0.2, 0.25) is 0 Å². The van der Waals surface area contributed by atoms with Crippen molar-refractivity contribution in [1.29, 1.82) is 0 Å². The first-order valence-corrected chi connectivity index (χ1v) is 5.28. The minimum Gasteiger partial charge on any atom is -0.383 e. The van der Waals surface area contributed by atoms with Crippen LogP contribution in [0.3, 0.4) is 0 Å². The van der Waals surface area contributed by atoms with E-state index in [1.54, 1.807) is 7.11 Å². The fraction of sp³-hybridized carbons (Fsp3) is 0.333. The topological polar surface area (TPSA) is 47.0 Å². The lowest BCUT2D eigenvalue weighted by Gasteiger charge is -2.08. The number of nitrogens with zero attached hydrogens (tertiary/aromatic N) is 2. The molecule has 0 unspecified atom stereocenters. The van der Waals surface area contributed by atoms with Crippen LogP contribution in [-0.2, 0) is 4.74 Å². The molecule has 1 N–H and O–H groups in total. The summed E-state index contributed by atoms with van der Waals surface area (Å²) in [6.07, 6.45) is 0. The average Bonchev–Trinajstić information content (AvgIpc) is 2.33. The SMILES string of the molecule is COCCNc1nnc(C)c2ccccc12. The van der Waals surface area contributed by atoms with Crippen LogP contribution in [0.2, 0.25) is 0 Å². The van der Waals surface area contributed by atoms with Crippen molar-refractivity contribution in [2.45, 2.75) is 6.92 Å². The molecule has 84 valence electrons. The molecule has 2 rings (SSSR count). The Bertz CT molecular complexity index is 485. The number of benzene rings is 1. The number of ether oxygens (including phenoxy) is 1. The van der Waals surface area contributed by atoms with Crippen molar-refractivity contribution >= 4 is 16.6 Å². The van der Waals surface area contributed by atoms with Gasteiger partial charge in [0.15, 0.2) is 5.82 Å². The van der Waals surface area contributed by atoms with Crippen molar-refractivity contribution in [3.8, 4) is 0 Å². The molecule has 0 aliphatic rings. The molecule has 0 atom stereocenters. The van der Waals surface area contributed by atoms with E-state index in [0.29, 0.717) is 6.61 Å². The molecule has 4 nitrogen and oxygen atoms in total. The zero-order valence-corrected chi connectivity index (χ0v) is 9.53. The molecule has 1 aromatic carbocycles. The summed E-state index contributed by atoms with van der Waals surface area (Å²) in [4.78, 5) is 0. The van der Waals surface area contributed by atoms with E-state index in [2.05, 4.69) is 21.6 Å². The van der Waals surface area contributed by atoms with Gasteiger partial charge in [-0.1, -0.05) is 24.3 Å². The molecule has 2 aromatic rings. The maximum atomic E-state index is 4.99. The molecular weight excluding hydrogens is 202 g/mol. The summed E-state index contributed by atoms with van der Waals surface area (Å²) < 4.78 is 4.99. The van der Waals surface area contributed by atoms with Gasteiger partial charge in [-0.25, -0.2) is 0 Å². The highest BCUT2D eigenvalue weighted by atomic mass is 16.5. The van der Waals surface area contributed by atoms with Crippen molar-refractivity contribution in [3.63, 3.8) is 0 Å². The van der Waals surface area contributed by atoms with Gasteiger partial charge < -0.3 is 10.1 Å². The molecule has 0 spiro atoms. The molecule has 4 heteroatoms. The van der Waals surface area contributed by atoms with Crippen LogP contribution in [0.25, 0.3) is 10.8 Å². The summed E-state index contributed by atoms with van der Waals surface area (Å²) in [6.45, 7) is 3.36. The molecule has 1 aromatic heterocycles. The fourth-order valence-electron chi connectivity index (χ4n) is 1.64. The quantitative estimate of drug-likeness (QED) is 0.796. The van der Waals surface area contributed by atoms with Crippen LogP contribution in [-0.4, -0.2) is 30.5 Å². The Morgan fingerprint density at radius 2 is 1.94 bits per heavy atom. The van der Waals surface area contributed by atoms with Gasteiger partial charge in [-0.15, -0.1) is 5.10 Å². The van der Waals surface area contributed by atoms with E-state index in [1.165, 1.54) is 0 Å². The normalized spacial score (nSPS) is 10.6. The van der Waals surface area contributed by atoms with E-state index in [4.69, 9.17) is 4.74 Å². The molecule has 0 fully saturated rings. The molecule has 16 heavy (non-hydrogen) atoms. The van der Waals surface area contributed by atoms with Gasteiger partial charge in [0.1, 0.15) is 0 Å². The smallest absolute Gasteiger partial charge is 0.156 e. The number of fused-ring (bicyclic) bond motifs is 1. The van der Waals surface area contributed by atoms with Gasteiger partial charge in [-0.3, -0.25) is 0 Å². The van der Waals surface area contributed by atoms with E-state index in [0.717, 1.165) is 28.8 Å². The van der Waals surface area contributed by atoms with Crippen LogP contribution < -0.4 is 5.32 Å². The number of hydrogen-bond acceptors (Lipinski definition) is 4. The lowest BCUT2D eigenvalue weighted by molar-refractivity contribution is 0.210. The summed E-state index contributed by atoms with van der Waals surface area (Å²) in [7, 11) is 1.68. The number of anilines is 1. The number of aryl methyl sites for hydroxylation is 1. The Morgan fingerprint density at radius 1 is 1.19 bits per heavy atom. The molecular formula is C12H15N3O. The highest BCUT2D eigenvalue weighted by Crippen LogP contribution is 2.21. The van der Waals surface area contributed by atoms with Crippen LogP contribution >= 0.6 is 0 Å². The summed E-state index contributed by atoms with van der Waals surface area (Å²) in [5.41, 5.74) is 0.952. The molecule has 0 saturated heterocycles. The summed E-state index contributed by atoms with van der Waals surface area (Å²) in [6, 6.07) is 8.12.